The Kier molecular flexibility index (Phi) is 6.98. The van der Waals surface area contributed by atoms with Gasteiger partial charge in [0.2, 0.25) is 5.90 Å². The van der Waals surface area contributed by atoms with Crippen LogP contribution in [0, 0.1) is 17.0 Å². The molecule has 1 heterocycles. The van der Waals surface area contributed by atoms with Crippen molar-refractivity contribution in [1.82, 2.24) is 0 Å². The maximum Gasteiger partial charge on any atom is 0.363 e. The lowest BCUT2D eigenvalue weighted by Gasteiger charge is -2.06. The Morgan fingerprint density at radius 2 is 1.89 bits per heavy atom. The van der Waals surface area contributed by atoms with Gasteiger partial charge in [-0.3, -0.25) is 10.1 Å². The summed E-state index contributed by atoms with van der Waals surface area (Å²) in [5, 5.41) is 10.9. The lowest BCUT2D eigenvalue weighted by Crippen LogP contribution is -2.06. The van der Waals surface area contributed by atoms with E-state index in [4.69, 9.17) is 9.47 Å². The molecule has 0 unspecified atom stereocenters. The third-order valence-electron chi connectivity index (χ3n) is 4.89. The summed E-state index contributed by atoms with van der Waals surface area (Å²) in [5.41, 5.74) is 2.60. The lowest BCUT2D eigenvalue weighted by molar-refractivity contribution is -0.384. The molecule has 0 amide bonds. The highest BCUT2D eigenvalue weighted by Crippen LogP contribution is 2.28. The van der Waals surface area contributed by atoms with E-state index in [1.54, 1.807) is 24.3 Å². The van der Waals surface area contributed by atoms with Gasteiger partial charge in [-0.25, -0.2) is 14.6 Å². The summed E-state index contributed by atoms with van der Waals surface area (Å²) in [4.78, 5) is 39.5. The Hall–Kier alpha value is -4.37. The Labute approximate surface area is 208 Å². The van der Waals surface area contributed by atoms with Gasteiger partial charge in [-0.05, 0) is 55.0 Å². The minimum Gasteiger partial charge on any atom is -0.423 e. The summed E-state index contributed by atoms with van der Waals surface area (Å²) in [6.45, 7) is 1.95. The minimum absolute atomic E-state index is 0.0584. The average molecular weight is 533 g/mol. The number of cyclic esters (lactones) is 1. The summed E-state index contributed by atoms with van der Waals surface area (Å²) < 4.78 is 11.4. The van der Waals surface area contributed by atoms with Crippen molar-refractivity contribution in [3.63, 3.8) is 0 Å². The monoisotopic (exact) mass is 532 g/mol. The van der Waals surface area contributed by atoms with Crippen molar-refractivity contribution in [2.24, 2.45) is 4.99 Å². The van der Waals surface area contributed by atoms with Crippen LogP contribution in [0.5, 0.6) is 5.75 Å². The van der Waals surface area contributed by atoms with Crippen LogP contribution in [0.2, 0.25) is 0 Å². The number of hydrogen-bond acceptors (Lipinski definition) is 7. The number of nitro benzene ring substituents is 1. The number of hydrogen-bond donors (Lipinski definition) is 0. The van der Waals surface area contributed by atoms with Crippen molar-refractivity contribution >= 4 is 51.6 Å². The zero-order valence-corrected chi connectivity index (χ0v) is 19.9. The number of aliphatic imine (C=N–C) groups is 1. The predicted molar refractivity (Wildman–Crippen MR) is 134 cm³/mol. The van der Waals surface area contributed by atoms with Gasteiger partial charge < -0.3 is 9.47 Å². The number of esters is 2. The molecule has 0 fully saturated rings. The van der Waals surface area contributed by atoms with Crippen molar-refractivity contribution in [2.75, 3.05) is 0 Å². The molecule has 0 atom stereocenters. The van der Waals surface area contributed by atoms with Crippen molar-refractivity contribution in [2.45, 2.75) is 6.92 Å². The second-order valence-electron chi connectivity index (χ2n) is 7.49. The van der Waals surface area contributed by atoms with E-state index in [1.165, 1.54) is 30.4 Å². The highest BCUT2D eigenvalue weighted by atomic mass is 79.9. The van der Waals surface area contributed by atoms with Crippen molar-refractivity contribution in [3.05, 3.63) is 115 Å². The van der Waals surface area contributed by atoms with Gasteiger partial charge >= 0.3 is 11.9 Å². The first kappa shape index (κ1) is 23.8. The van der Waals surface area contributed by atoms with Crippen LogP contribution < -0.4 is 4.74 Å². The maximum absolute atomic E-state index is 12.4. The number of non-ortho nitro benzene ring substituents is 1. The van der Waals surface area contributed by atoms with Crippen LogP contribution in [-0.4, -0.2) is 22.8 Å². The first-order valence-electron chi connectivity index (χ1n) is 10.3. The molecular formula is C26H17BrN2O6. The quantitative estimate of drug-likeness (QED) is 0.134. The third-order valence-corrected chi connectivity index (χ3v) is 5.38. The van der Waals surface area contributed by atoms with Gasteiger partial charge in [0.05, 0.1) is 4.92 Å². The number of aryl methyl sites for hydroxylation is 1. The molecule has 0 aliphatic carbocycles. The molecule has 9 heteroatoms. The summed E-state index contributed by atoms with van der Waals surface area (Å²) in [6.07, 6.45) is 4.05. The maximum atomic E-state index is 12.4. The van der Waals surface area contributed by atoms with Gasteiger partial charge in [-0.15, -0.1) is 0 Å². The topological polar surface area (TPSA) is 108 Å². The number of nitrogens with zero attached hydrogens (tertiary/aromatic N) is 2. The summed E-state index contributed by atoms with van der Waals surface area (Å²) in [5.74, 6) is -0.935. The van der Waals surface area contributed by atoms with Gasteiger partial charge in [-0.2, -0.15) is 0 Å². The zero-order chi connectivity index (χ0) is 24.9. The molecular weight excluding hydrogens is 516 g/mol. The second kappa shape index (κ2) is 10.3. The molecule has 0 saturated heterocycles. The van der Waals surface area contributed by atoms with Crippen molar-refractivity contribution in [3.8, 4) is 5.75 Å². The fraction of sp³-hybridized carbons (Fsp3) is 0.0385. The third kappa shape index (κ3) is 5.96. The first-order valence-corrected chi connectivity index (χ1v) is 11.1. The average Bonchev–Trinajstić information content (AvgIpc) is 3.20. The van der Waals surface area contributed by atoms with E-state index in [1.807, 2.05) is 31.2 Å². The van der Waals surface area contributed by atoms with Crippen LogP contribution in [-0.2, 0) is 14.3 Å². The highest BCUT2D eigenvalue weighted by Gasteiger charge is 2.24. The number of carbonyl (C=O) groups excluding carboxylic acids is 2. The number of benzene rings is 3. The largest absolute Gasteiger partial charge is 0.423 e. The summed E-state index contributed by atoms with van der Waals surface area (Å²) in [7, 11) is 0. The van der Waals surface area contributed by atoms with Crippen molar-refractivity contribution in [1.29, 1.82) is 0 Å². The smallest absolute Gasteiger partial charge is 0.363 e. The van der Waals surface area contributed by atoms with Gasteiger partial charge in [0.1, 0.15) is 5.75 Å². The van der Waals surface area contributed by atoms with E-state index in [0.717, 1.165) is 11.6 Å². The molecule has 174 valence electrons. The molecule has 1 aliphatic rings. The van der Waals surface area contributed by atoms with Gasteiger partial charge in [0.25, 0.3) is 5.69 Å². The molecule has 0 bridgehead atoms. The molecule has 8 nitrogen and oxygen atoms in total. The predicted octanol–water partition coefficient (Wildman–Crippen LogP) is 5.63. The van der Waals surface area contributed by atoms with Crippen LogP contribution >= 0.6 is 15.9 Å². The first-order chi connectivity index (χ1) is 16.8. The zero-order valence-electron chi connectivity index (χ0n) is 18.3. The molecule has 35 heavy (non-hydrogen) atoms. The molecule has 0 radical (unpaired) electrons. The molecule has 3 aromatic carbocycles. The molecule has 1 aliphatic heterocycles. The SMILES string of the molecule is Cc1ccc(C2=N/C(=C\c3cc(Br)ccc3OC(=O)/C=C/c3cccc([N+](=O)[O-])c3)C(=O)O2)cc1. The number of ether oxygens (including phenoxy) is 2. The molecule has 0 saturated carbocycles. The van der Waals surface area contributed by atoms with E-state index in [0.29, 0.717) is 21.2 Å². The summed E-state index contributed by atoms with van der Waals surface area (Å²) >= 11 is 3.37. The van der Waals surface area contributed by atoms with Crippen LogP contribution in [0.15, 0.2) is 88.0 Å². The highest BCUT2D eigenvalue weighted by molar-refractivity contribution is 9.10. The Morgan fingerprint density at radius 3 is 2.63 bits per heavy atom. The Balaban J connectivity index is 1.56. The number of halogens is 1. The van der Waals surface area contributed by atoms with Crippen molar-refractivity contribution < 1.29 is 24.0 Å². The number of rotatable bonds is 6. The molecule has 0 aromatic heterocycles. The fourth-order valence-corrected chi connectivity index (χ4v) is 3.53. The van der Waals surface area contributed by atoms with Gasteiger partial charge in [0, 0.05) is 33.8 Å². The molecule has 3 aromatic rings. The van der Waals surface area contributed by atoms with Crippen LogP contribution in [0.3, 0.4) is 0 Å². The van der Waals surface area contributed by atoms with Crippen LogP contribution in [0.25, 0.3) is 12.2 Å². The Morgan fingerprint density at radius 1 is 1.11 bits per heavy atom. The van der Waals surface area contributed by atoms with E-state index in [2.05, 4.69) is 20.9 Å². The van der Waals surface area contributed by atoms with Crippen LogP contribution in [0.4, 0.5) is 5.69 Å². The molecule has 4 rings (SSSR count). The van der Waals surface area contributed by atoms with E-state index < -0.39 is 16.9 Å². The number of nitro groups is 1. The number of carbonyl (C=O) groups is 2. The standard InChI is InChI=1S/C26H17BrN2O6/c1-16-5-8-18(9-6-16)25-28-22(26(31)35-25)15-19-14-20(27)10-11-23(19)34-24(30)12-7-17-3-2-4-21(13-17)29(32)33/h2-15H,1H3/b12-7+,22-15-. The normalized spacial score (nSPS) is 14.2. The molecule has 0 spiro atoms. The lowest BCUT2D eigenvalue weighted by atomic mass is 10.1. The van der Waals surface area contributed by atoms with E-state index >= 15 is 0 Å². The second-order valence-corrected chi connectivity index (χ2v) is 8.41. The van der Waals surface area contributed by atoms with E-state index in [9.17, 15) is 19.7 Å². The Bertz CT molecular complexity index is 1420. The molecule has 0 N–H and O–H groups in total. The minimum atomic E-state index is -0.698. The summed E-state index contributed by atoms with van der Waals surface area (Å²) in [6, 6.07) is 18.2. The fourth-order valence-electron chi connectivity index (χ4n) is 3.15. The van der Waals surface area contributed by atoms with Gasteiger partial charge in [0.15, 0.2) is 5.70 Å². The van der Waals surface area contributed by atoms with E-state index in [-0.39, 0.29) is 23.0 Å². The van der Waals surface area contributed by atoms with Crippen LogP contribution in [0.1, 0.15) is 22.3 Å². The van der Waals surface area contributed by atoms with Gasteiger partial charge in [-0.1, -0.05) is 45.8 Å².